The molecule has 3 saturated heterocycles. The third-order valence-electron chi connectivity index (χ3n) is 34.9. The number of carbonyl (C=O) groups is 2. The molecule has 494 valence electrons. The van der Waals surface area contributed by atoms with Crippen LogP contribution in [-0.4, -0.2) is 64.6 Å². The van der Waals surface area contributed by atoms with Gasteiger partial charge in [-0.3, -0.25) is 9.69 Å². The molecule has 7 spiro atoms. The van der Waals surface area contributed by atoms with Crippen molar-refractivity contribution in [2.75, 3.05) is 19.6 Å². The number of esters is 2. The molecule has 22 rings (SSSR count). The lowest BCUT2D eigenvalue weighted by Crippen LogP contribution is -2.78. The molecule has 7 aliphatic heterocycles. The van der Waals surface area contributed by atoms with Crippen LogP contribution in [0.3, 0.4) is 0 Å². The number of fused-ring (bicyclic) bond motifs is 12. The van der Waals surface area contributed by atoms with Crippen LogP contribution in [0.2, 0.25) is 0 Å². The molecule has 0 radical (unpaired) electrons. The van der Waals surface area contributed by atoms with E-state index in [9.17, 15) is 5.11 Å². The zero-order chi connectivity index (χ0) is 62.2. The fourth-order valence-corrected chi connectivity index (χ4v) is 32.5. The van der Waals surface area contributed by atoms with Gasteiger partial charge in [-0.25, -0.2) is 4.79 Å². The summed E-state index contributed by atoms with van der Waals surface area (Å²) in [5.41, 5.74) is 14.6. The smallest absolute Gasteiger partial charge is 0.339 e. The molecule has 10 fully saturated rings. The van der Waals surface area contributed by atoms with Crippen molar-refractivity contribution in [1.29, 1.82) is 0 Å². The molecule has 25 atom stereocenters. The lowest BCUT2D eigenvalue weighted by molar-refractivity contribution is -0.283. The number of ether oxygens (including phenoxy) is 2. The third-order valence-corrected chi connectivity index (χ3v) is 34.9. The molecule has 15 bridgehead atoms. The Morgan fingerprint density at radius 1 is 0.787 bits per heavy atom. The molecule has 0 aromatic heterocycles. The molecule has 7 saturated carbocycles. The highest BCUT2D eigenvalue weighted by Crippen LogP contribution is 2.89. The predicted molar refractivity (Wildman–Crippen MR) is 363 cm³/mol. The Morgan fingerprint density at radius 3 is 2.60 bits per heavy atom. The van der Waals surface area contributed by atoms with Gasteiger partial charge in [-0.15, -0.1) is 5.92 Å². The number of aliphatic hydroxyl groups is 1. The van der Waals surface area contributed by atoms with Gasteiger partial charge in [0, 0.05) is 79.0 Å². The van der Waals surface area contributed by atoms with Crippen molar-refractivity contribution in [1.82, 2.24) is 9.80 Å². The van der Waals surface area contributed by atoms with E-state index < -0.39 is 16.4 Å². The van der Waals surface area contributed by atoms with Gasteiger partial charge in [0.05, 0.1) is 11.0 Å². The van der Waals surface area contributed by atoms with Gasteiger partial charge < -0.3 is 25.2 Å². The monoisotopic (exact) mass is 1260 g/mol. The van der Waals surface area contributed by atoms with E-state index in [1.807, 2.05) is 0 Å². The second kappa shape index (κ2) is 19.7. The Morgan fingerprint density at radius 2 is 1.68 bits per heavy atom. The highest BCUT2D eigenvalue weighted by molar-refractivity contribution is 6.00. The average Bonchev–Trinajstić information content (AvgIpc) is 1.31. The second-order valence-corrected chi connectivity index (χ2v) is 37.3. The number of allylic oxidation sites excluding steroid dienone is 10. The van der Waals surface area contributed by atoms with Crippen molar-refractivity contribution in [3.05, 3.63) is 117 Å². The van der Waals surface area contributed by atoms with E-state index >= 15 is 9.59 Å². The average molecular weight is 1260 g/mol. The first-order valence-corrected chi connectivity index (χ1v) is 39.9. The first-order valence-electron chi connectivity index (χ1n) is 39.9. The van der Waals surface area contributed by atoms with Crippen molar-refractivity contribution in [2.24, 2.45) is 133 Å². The summed E-state index contributed by atoms with van der Waals surface area (Å²) < 4.78 is 15.6. The lowest BCUT2D eigenvalue weighted by Gasteiger charge is -2.74. The normalized spacial score (nSPS) is 50.7. The van der Waals surface area contributed by atoms with Crippen LogP contribution < -0.4 is 5.73 Å². The summed E-state index contributed by atoms with van der Waals surface area (Å²) in [6, 6.07) is 7.51. The number of nitrogens with zero attached hydrogens (tertiary/aromatic N) is 2. The minimum atomic E-state index is -1.24. The maximum atomic E-state index is 17.7. The van der Waals surface area contributed by atoms with E-state index in [2.05, 4.69) is 89.3 Å². The fourth-order valence-electron chi connectivity index (χ4n) is 32.5. The van der Waals surface area contributed by atoms with Crippen LogP contribution in [0.5, 0.6) is 0 Å². The van der Waals surface area contributed by atoms with Crippen LogP contribution in [0.15, 0.2) is 100 Å². The SMILES string of the molecule is CC1CC=CC2=CC3C4=C5CCC67C(=C(O)CC8C9CC%10(CCCC%10)C%10(CCCC%10%11CCCC%11C#CCC%10C%11CC(CN%108)C8CCC%10=C(C5C5C(CC=CC35)C%10)N8C%11)C9)OC(=O)C46C(CC2C2CCCC3(CCC4C(C=CC43)C1)C2)C71OC(=O)c2c(CCCN)cccc21. The van der Waals surface area contributed by atoms with Crippen LogP contribution >= 0.6 is 0 Å². The lowest BCUT2D eigenvalue weighted by atomic mass is 9.26. The second-order valence-electron chi connectivity index (χ2n) is 37.3. The van der Waals surface area contributed by atoms with E-state index in [0.29, 0.717) is 114 Å². The number of hydrogen-bond acceptors (Lipinski definition) is 8. The van der Waals surface area contributed by atoms with E-state index in [0.717, 1.165) is 68.7 Å². The molecule has 21 aliphatic rings. The Kier molecular flexibility index (Phi) is 12.0. The van der Waals surface area contributed by atoms with E-state index in [1.165, 1.54) is 159 Å². The maximum Gasteiger partial charge on any atom is 0.339 e. The quantitative estimate of drug-likeness (QED) is 0.175. The molecule has 14 aliphatic carbocycles. The summed E-state index contributed by atoms with van der Waals surface area (Å²) in [5, 5.41) is 14.7. The summed E-state index contributed by atoms with van der Waals surface area (Å²) in [7, 11) is 0. The zero-order valence-electron chi connectivity index (χ0n) is 56.5. The third kappa shape index (κ3) is 6.69. The molecular weight excluding hydrogens is 1150 g/mol. The highest BCUT2D eigenvalue weighted by Gasteiger charge is 2.94. The van der Waals surface area contributed by atoms with Gasteiger partial charge >= 0.3 is 11.9 Å². The van der Waals surface area contributed by atoms with Crippen LogP contribution in [-0.2, 0) is 26.3 Å². The van der Waals surface area contributed by atoms with Gasteiger partial charge in [0.2, 0.25) is 0 Å². The maximum absolute atomic E-state index is 17.7. The summed E-state index contributed by atoms with van der Waals surface area (Å²) in [4.78, 5) is 40.0. The first kappa shape index (κ1) is 57.3. The Hall–Kier alpha value is -4.58. The van der Waals surface area contributed by atoms with Crippen molar-refractivity contribution in [3.63, 3.8) is 0 Å². The van der Waals surface area contributed by atoms with Crippen LogP contribution in [0.4, 0.5) is 0 Å². The molecule has 25 unspecified atom stereocenters. The molecule has 3 N–H and O–H groups in total. The number of aryl methyl sites for hydroxylation is 1. The summed E-state index contributed by atoms with van der Waals surface area (Å²) in [6.45, 7) is 5.23. The summed E-state index contributed by atoms with van der Waals surface area (Å²) in [5.74, 6) is 15.1. The van der Waals surface area contributed by atoms with Crippen molar-refractivity contribution in [3.8, 4) is 11.8 Å². The number of nitrogens with two attached hydrogens (primary N) is 1. The first-order chi connectivity index (χ1) is 46.0. The molecule has 8 nitrogen and oxygen atoms in total. The Balaban J connectivity index is 0.820. The molecule has 94 heavy (non-hydrogen) atoms. The van der Waals surface area contributed by atoms with E-state index in [-0.39, 0.29) is 69.9 Å². The van der Waals surface area contributed by atoms with Gasteiger partial charge in [-0.2, -0.15) is 0 Å². The number of aliphatic hydroxyl groups excluding tert-OH is 1. The standard InChI is InChI=1S/C86H105N3O5/c1-49-12-4-14-51-41-64-61-20-5-15-53-39-54-24-26-68-56-40-57-48-89(68)76(54)74(72(53)61)62-28-36-84-77(70(90)43-69-58-45-81(30-2-3-31-81)83(46-58)34-11-33-82(83)32-9-19-59(82)18-7-22-67(57)88(69)47-56)93-79(92)85(84,75(62)64)71(86(84)66-21-6-13-50(17-10-37-87)73(66)78(91)94-86)42-63(51)55-16-8-29-80(44-55)35-27-60-52(38-49)23-25-65(60)80/h4-6,13-14,20-21,23,25,41,49,52-53,55-61,63-65,67-69,71-72,74,90H,2-3,8-12,15-17,19,22,24,26-40,42-48,87H2,1H3. The molecule has 1 aromatic rings. The number of piperidine rings is 2. The Labute approximate surface area is 560 Å². The van der Waals surface area contributed by atoms with Gasteiger partial charge in [0.25, 0.3) is 0 Å². The van der Waals surface area contributed by atoms with E-state index in [4.69, 9.17) is 15.2 Å². The number of rotatable bonds is 3. The predicted octanol–water partition coefficient (Wildman–Crippen LogP) is 16.9. The van der Waals surface area contributed by atoms with Gasteiger partial charge in [-0.05, 0) is 276 Å². The van der Waals surface area contributed by atoms with E-state index in [1.54, 1.807) is 16.8 Å². The molecule has 7 heterocycles. The van der Waals surface area contributed by atoms with Crippen molar-refractivity contribution < 1.29 is 24.2 Å². The van der Waals surface area contributed by atoms with Crippen LogP contribution in [0.1, 0.15) is 227 Å². The molecule has 0 amide bonds. The van der Waals surface area contributed by atoms with Crippen LogP contribution in [0, 0.1) is 139 Å². The summed E-state index contributed by atoms with van der Waals surface area (Å²) in [6.07, 6.45) is 55.8. The minimum absolute atomic E-state index is 0.0267. The number of benzene rings is 1. The summed E-state index contributed by atoms with van der Waals surface area (Å²) >= 11 is 0. The minimum Gasteiger partial charge on any atom is -0.509 e. The van der Waals surface area contributed by atoms with Crippen molar-refractivity contribution in [2.45, 2.75) is 236 Å². The molecule has 1 aromatic carbocycles. The molecule has 8 heteroatoms. The topological polar surface area (TPSA) is 105 Å². The number of hydrogen-bond donors (Lipinski definition) is 2. The van der Waals surface area contributed by atoms with Gasteiger partial charge in [0.1, 0.15) is 11.2 Å². The largest absolute Gasteiger partial charge is 0.509 e. The van der Waals surface area contributed by atoms with Crippen molar-refractivity contribution >= 4 is 11.9 Å². The fraction of sp³-hybridized carbons (Fsp3) is 0.721. The van der Waals surface area contributed by atoms with Crippen LogP contribution in [0.25, 0.3) is 0 Å². The number of carbonyl (C=O) groups excluding carboxylic acids is 2. The molecular formula is C86H105N3O5. The van der Waals surface area contributed by atoms with Gasteiger partial charge in [0.15, 0.2) is 11.4 Å². The highest BCUT2D eigenvalue weighted by atomic mass is 16.6. The Bertz CT molecular complexity index is 3820. The van der Waals surface area contributed by atoms with Gasteiger partial charge in [-0.1, -0.05) is 117 Å². The zero-order valence-corrected chi connectivity index (χ0v) is 56.5.